The van der Waals surface area contributed by atoms with Crippen LogP contribution in [0, 0.1) is 11.7 Å². The van der Waals surface area contributed by atoms with Crippen molar-refractivity contribution in [1.29, 1.82) is 0 Å². The van der Waals surface area contributed by atoms with Crippen LogP contribution in [0.3, 0.4) is 0 Å². The molecule has 118 valence electrons. The Labute approximate surface area is 142 Å². The highest BCUT2D eigenvalue weighted by atomic mass is 79.9. The third-order valence-electron chi connectivity index (χ3n) is 2.71. The Morgan fingerprint density at radius 2 is 2.27 bits per heavy atom. The minimum Gasteiger partial charge on any atom is -0.315 e. The van der Waals surface area contributed by atoms with Crippen LogP contribution in [-0.2, 0) is 15.6 Å². The summed E-state index contributed by atoms with van der Waals surface area (Å²) in [5.41, 5.74) is 0.536. The van der Waals surface area contributed by atoms with E-state index < -0.39 is 16.6 Å². The molecule has 2 atom stereocenters. The summed E-state index contributed by atoms with van der Waals surface area (Å²) in [6.45, 7) is 1.71. The molecule has 1 N–H and O–H groups in total. The number of nitrogens with zero attached hydrogens (tertiary/aromatic N) is 2. The number of hydrogen-bond acceptors (Lipinski definition) is 5. The van der Waals surface area contributed by atoms with E-state index in [0.29, 0.717) is 25.9 Å². The van der Waals surface area contributed by atoms with Gasteiger partial charge in [0.05, 0.1) is 6.20 Å². The topological polar surface area (TPSA) is 72.0 Å². The van der Waals surface area contributed by atoms with E-state index in [2.05, 4.69) is 31.2 Å². The lowest BCUT2D eigenvalue weighted by atomic mass is 10.2. The summed E-state index contributed by atoms with van der Waals surface area (Å²) in [6, 6.07) is 1.33. The van der Waals surface area contributed by atoms with Gasteiger partial charge in [0.2, 0.25) is 5.91 Å². The van der Waals surface area contributed by atoms with Crippen molar-refractivity contribution in [2.75, 3.05) is 17.3 Å². The van der Waals surface area contributed by atoms with E-state index in [1.54, 1.807) is 13.2 Å². The summed E-state index contributed by atoms with van der Waals surface area (Å²) in [5.74, 6) is -0.765. The zero-order chi connectivity index (χ0) is 16.3. The lowest BCUT2D eigenvalue weighted by Gasteiger charge is -2.09. The molecule has 0 aliphatic rings. The first-order valence-electron chi connectivity index (χ1n) is 6.25. The van der Waals surface area contributed by atoms with E-state index in [0.717, 1.165) is 6.20 Å². The van der Waals surface area contributed by atoms with Gasteiger partial charge in [-0.15, -0.1) is 0 Å². The fraction of sp³-hybridized carbons (Fsp3) is 0.308. The van der Waals surface area contributed by atoms with Crippen molar-refractivity contribution in [1.82, 2.24) is 9.97 Å². The Bertz CT molecular complexity index is 723. The van der Waals surface area contributed by atoms with Gasteiger partial charge in [-0.25, -0.2) is 9.37 Å². The van der Waals surface area contributed by atoms with Crippen molar-refractivity contribution in [3.63, 3.8) is 0 Å². The second-order valence-electron chi connectivity index (χ2n) is 4.66. The standard InChI is InChI=1S/C13H13BrFN3O2S2/c1-7(6-22(2)20)11(19)18-13-10(14)17-12(21-13)8-3-9(15)5-16-4-8/h3-5,7H,6H2,1-2H3,(H,18,19). The highest BCUT2D eigenvalue weighted by molar-refractivity contribution is 9.10. The summed E-state index contributed by atoms with van der Waals surface area (Å²) in [6.07, 6.45) is 4.17. The van der Waals surface area contributed by atoms with Gasteiger partial charge in [-0.05, 0) is 22.0 Å². The molecule has 0 bridgehead atoms. The lowest BCUT2D eigenvalue weighted by molar-refractivity contribution is -0.118. The fourth-order valence-electron chi connectivity index (χ4n) is 1.69. The van der Waals surface area contributed by atoms with Gasteiger partial charge in [0, 0.05) is 40.5 Å². The summed E-state index contributed by atoms with van der Waals surface area (Å²) < 4.78 is 24.8. The number of pyridine rings is 1. The summed E-state index contributed by atoms with van der Waals surface area (Å²) in [4.78, 5) is 20.1. The molecule has 0 aliphatic carbocycles. The summed E-state index contributed by atoms with van der Waals surface area (Å²) >= 11 is 4.49. The van der Waals surface area contributed by atoms with Gasteiger partial charge in [-0.2, -0.15) is 0 Å². The molecule has 2 rings (SSSR count). The lowest BCUT2D eigenvalue weighted by Crippen LogP contribution is -2.24. The Hall–Kier alpha value is -1.19. The first kappa shape index (κ1) is 17.2. The molecule has 9 heteroatoms. The maximum absolute atomic E-state index is 13.2. The van der Waals surface area contributed by atoms with E-state index in [-0.39, 0.29) is 11.8 Å². The average molecular weight is 406 g/mol. The Kier molecular flexibility index (Phi) is 5.76. The van der Waals surface area contributed by atoms with Crippen LogP contribution in [0.15, 0.2) is 23.1 Å². The SMILES string of the molecule is CC(CS(C)=O)C(=O)Nc1sc(-c2cncc(F)c2)nc1Br. The molecular weight excluding hydrogens is 393 g/mol. The van der Waals surface area contributed by atoms with Gasteiger partial charge in [0.1, 0.15) is 20.4 Å². The van der Waals surface area contributed by atoms with Gasteiger partial charge in [-0.3, -0.25) is 14.0 Å². The molecule has 0 saturated carbocycles. The van der Waals surface area contributed by atoms with Crippen LogP contribution in [0.1, 0.15) is 6.92 Å². The number of halogens is 2. The van der Waals surface area contributed by atoms with E-state index in [1.165, 1.54) is 23.6 Å². The van der Waals surface area contributed by atoms with Crippen LogP contribution in [0.4, 0.5) is 9.39 Å². The second kappa shape index (κ2) is 7.38. The van der Waals surface area contributed by atoms with Crippen molar-refractivity contribution >= 4 is 49.0 Å². The molecule has 0 fully saturated rings. The number of nitrogens with one attached hydrogen (secondary N) is 1. The smallest absolute Gasteiger partial charge is 0.228 e. The van der Waals surface area contributed by atoms with Crippen molar-refractivity contribution in [3.05, 3.63) is 28.9 Å². The molecular formula is C13H13BrFN3O2S2. The Balaban J connectivity index is 2.17. The van der Waals surface area contributed by atoms with E-state index in [4.69, 9.17) is 0 Å². The molecule has 0 spiro atoms. The molecule has 0 radical (unpaired) electrons. The summed E-state index contributed by atoms with van der Waals surface area (Å²) in [7, 11) is -1.04. The largest absolute Gasteiger partial charge is 0.315 e. The second-order valence-corrected chi connectivity index (χ2v) is 7.89. The van der Waals surface area contributed by atoms with Crippen molar-refractivity contribution in [2.24, 2.45) is 5.92 Å². The van der Waals surface area contributed by atoms with Crippen LogP contribution >= 0.6 is 27.3 Å². The number of amides is 1. The fourth-order valence-corrected chi connectivity index (χ4v) is 4.03. The number of rotatable bonds is 5. The van der Waals surface area contributed by atoms with Gasteiger partial charge in [0.15, 0.2) is 0 Å². The molecule has 0 aliphatic heterocycles. The highest BCUT2D eigenvalue weighted by Crippen LogP contribution is 2.35. The third kappa shape index (κ3) is 4.40. The zero-order valence-corrected chi connectivity index (χ0v) is 15.0. The number of hydrogen-bond donors (Lipinski definition) is 1. The molecule has 0 aromatic carbocycles. The van der Waals surface area contributed by atoms with E-state index >= 15 is 0 Å². The predicted molar refractivity (Wildman–Crippen MR) is 89.7 cm³/mol. The minimum absolute atomic E-state index is 0.233. The van der Waals surface area contributed by atoms with Gasteiger partial charge in [0.25, 0.3) is 0 Å². The minimum atomic E-state index is -1.04. The first-order chi connectivity index (χ1) is 10.4. The number of carbonyl (C=O) groups is 1. The van der Waals surface area contributed by atoms with Crippen molar-refractivity contribution < 1.29 is 13.4 Å². The Morgan fingerprint density at radius 3 is 2.91 bits per heavy atom. The van der Waals surface area contributed by atoms with Crippen molar-refractivity contribution in [3.8, 4) is 10.6 Å². The molecule has 5 nitrogen and oxygen atoms in total. The first-order valence-corrected chi connectivity index (χ1v) is 9.58. The monoisotopic (exact) mass is 405 g/mol. The van der Waals surface area contributed by atoms with Crippen LogP contribution in [0.5, 0.6) is 0 Å². The van der Waals surface area contributed by atoms with Crippen LogP contribution in [0.2, 0.25) is 0 Å². The highest BCUT2D eigenvalue weighted by Gasteiger charge is 2.18. The Morgan fingerprint density at radius 1 is 1.55 bits per heavy atom. The van der Waals surface area contributed by atoms with Crippen LogP contribution < -0.4 is 5.32 Å². The molecule has 2 heterocycles. The molecule has 22 heavy (non-hydrogen) atoms. The van der Waals surface area contributed by atoms with Gasteiger partial charge < -0.3 is 5.32 Å². The summed E-state index contributed by atoms with van der Waals surface area (Å²) in [5, 5.41) is 3.81. The zero-order valence-electron chi connectivity index (χ0n) is 11.8. The predicted octanol–water partition coefficient (Wildman–Crippen LogP) is 3.06. The average Bonchev–Trinajstić information content (AvgIpc) is 2.79. The maximum Gasteiger partial charge on any atom is 0.228 e. The third-order valence-corrected chi connectivity index (χ3v) is 5.53. The van der Waals surface area contributed by atoms with E-state index in [1.807, 2.05) is 0 Å². The quantitative estimate of drug-likeness (QED) is 0.829. The number of aromatic nitrogens is 2. The van der Waals surface area contributed by atoms with E-state index in [9.17, 15) is 13.4 Å². The maximum atomic E-state index is 13.2. The molecule has 1 amide bonds. The molecule has 2 unspecified atom stereocenters. The number of anilines is 1. The molecule has 0 saturated heterocycles. The van der Waals surface area contributed by atoms with Gasteiger partial charge in [-0.1, -0.05) is 18.3 Å². The normalized spacial score (nSPS) is 13.6. The van der Waals surface area contributed by atoms with Crippen LogP contribution in [0.25, 0.3) is 10.6 Å². The number of thiazole rings is 1. The number of carbonyl (C=O) groups excluding carboxylic acids is 1. The van der Waals surface area contributed by atoms with Crippen molar-refractivity contribution in [2.45, 2.75) is 6.92 Å². The molecule has 2 aromatic heterocycles. The molecule has 2 aromatic rings. The van der Waals surface area contributed by atoms with Gasteiger partial charge >= 0.3 is 0 Å². The van der Waals surface area contributed by atoms with Crippen LogP contribution in [-0.4, -0.2) is 32.1 Å².